The first-order chi connectivity index (χ1) is 7.46. The number of aliphatic imine (C=N–C) groups is 1. The van der Waals surface area contributed by atoms with Crippen LogP contribution in [0.5, 0.6) is 0 Å². The van der Waals surface area contributed by atoms with Crippen LogP contribution >= 0.6 is 0 Å². The first kappa shape index (κ1) is 12.3. The first-order valence-electron chi connectivity index (χ1n) is 5.32. The third-order valence-corrected chi connectivity index (χ3v) is 2.74. The lowest BCUT2D eigenvalue weighted by molar-refractivity contribution is 0.190. The Kier molecular flexibility index (Phi) is 3.34. The minimum Gasteiger partial charge on any atom is -0.355 e. The molecule has 0 aliphatic carbocycles. The van der Waals surface area contributed by atoms with Crippen molar-refractivity contribution in [1.29, 1.82) is 10.5 Å². The van der Waals surface area contributed by atoms with Gasteiger partial charge in [0.1, 0.15) is 12.1 Å². The zero-order valence-corrected chi connectivity index (χ0v) is 10.2. The molecule has 84 valence electrons. The SMILES string of the molecule is CCN1C(C#N)=C(C#N)N=C(C)CC1(C)C. The second kappa shape index (κ2) is 4.37. The summed E-state index contributed by atoms with van der Waals surface area (Å²) in [4.78, 5) is 6.16. The number of hydrogen-bond acceptors (Lipinski definition) is 4. The highest BCUT2D eigenvalue weighted by Gasteiger charge is 2.32. The minimum absolute atomic E-state index is 0.175. The molecule has 0 fully saturated rings. The number of nitriles is 2. The van der Waals surface area contributed by atoms with Gasteiger partial charge in [0.25, 0.3) is 0 Å². The van der Waals surface area contributed by atoms with E-state index in [0.717, 1.165) is 12.1 Å². The molecule has 4 heteroatoms. The Morgan fingerprint density at radius 3 is 2.44 bits per heavy atom. The van der Waals surface area contributed by atoms with Gasteiger partial charge in [0.15, 0.2) is 11.4 Å². The van der Waals surface area contributed by atoms with Gasteiger partial charge in [0.05, 0.1) is 0 Å². The largest absolute Gasteiger partial charge is 0.355 e. The van der Waals surface area contributed by atoms with Crippen LogP contribution < -0.4 is 0 Å². The Morgan fingerprint density at radius 2 is 2.00 bits per heavy atom. The lowest BCUT2D eigenvalue weighted by atomic mass is 9.95. The van der Waals surface area contributed by atoms with Crippen molar-refractivity contribution in [2.24, 2.45) is 4.99 Å². The molecule has 16 heavy (non-hydrogen) atoms. The van der Waals surface area contributed by atoms with Gasteiger partial charge < -0.3 is 4.90 Å². The van der Waals surface area contributed by atoms with Crippen LogP contribution in [0.2, 0.25) is 0 Å². The fourth-order valence-corrected chi connectivity index (χ4v) is 2.21. The fraction of sp³-hybridized carbons (Fsp3) is 0.583. The van der Waals surface area contributed by atoms with Gasteiger partial charge in [-0.05, 0) is 27.7 Å². The lowest BCUT2D eigenvalue weighted by Crippen LogP contribution is -2.43. The van der Waals surface area contributed by atoms with E-state index in [-0.39, 0.29) is 11.2 Å². The van der Waals surface area contributed by atoms with Crippen LogP contribution in [-0.2, 0) is 0 Å². The highest BCUT2D eigenvalue weighted by Crippen LogP contribution is 2.28. The second-order valence-corrected chi connectivity index (χ2v) is 4.50. The van der Waals surface area contributed by atoms with E-state index in [0.29, 0.717) is 12.2 Å². The van der Waals surface area contributed by atoms with E-state index in [4.69, 9.17) is 10.5 Å². The topological polar surface area (TPSA) is 63.2 Å². The quantitative estimate of drug-likeness (QED) is 0.675. The monoisotopic (exact) mass is 216 g/mol. The average molecular weight is 216 g/mol. The molecule has 1 aliphatic rings. The molecule has 0 amide bonds. The van der Waals surface area contributed by atoms with Crippen molar-refractivity contribution in [1.82, 2.24) is 4.90 Å². The summed E-state index contributed by atoms with van der Waals surface area (Å²) in [5, 5.41) is 18.2. The first-order valence-corrected chi connectivity index (χ1v) is 5.32. The van der Waals surface area contributed by atoms with Crippen molar-refractivity contribution in [2.75, 3.05) is 6.54 Å². The van der Waals surface area contributed by atoms with Crippen molar-refractivity contribution in [3.8, 4) is 12.1 Å². The normalized spacial score (nSPS) is 19.6. The van der Waals surface area contributed by atoms with E-state index in [9.17, 15) is 0 Å². The Balaban J connectivity index is 3.40. The Morgan fingerprint density at radius 1 is 1.38 bits per heavy atom. The van der Waals surface area contributed by atoms with Gasteiger partial charge in [0.2, 0.25) is 0 Å². The number of rotatable bonds is 1. The summed E-state index contributed by atoms with van der Waals surface area (Å²) in [6.45, 7) is 8.70. The fourth-order valence-electron chi connectivity index (χ4n) is 2.21. The van der Waals surface area contributed by atoms with Crippen LogP contribution in [-0.4, -0.2) is 22.7 Å². The van der Waals surface area contributed by atoms with Crippen LogP contribution in [0, 0.1) is 22.7 Å². The van der Waals surface area contributed by atoms with Crippen molar-refractivity contribution in [3.05, 3.63) is 11.4 Å². The van der Waals surface area contributed by atoms with Gasteiger partial charge in [-0.2, -0.15) is 10.5 Å². The molecule has 1 aliphatic heterocycles. The van der Waals surface area contributed by atoms with Gasteiger partial charge in [-0.25, -0.2) is 4.99 Å². The standard InChI is InChI=1S/C12H16N4/c1-5-16-11(8-14)10(7-13)15-9(2)6-12(16,3)4/h5-6H2,1-4H3. The predicted molar refractivity (Wildman–Crippen MR) is 62.4 cm³/mol. The molecule has 0 unspecified atom stereocenters. The number of hydrogen-bond donors (Lipinski definition) is 0. The zero-order chi connectivity index (χ0) is 12.3. The smallest absolute Gasteiger partial charge is 0.174 e. The van der Waals surface area contributed by atoms with Gasteiger partial charge in [-0.1, -0.05) is 0 Å². The molecule has 1 rings (SSSR count). The van der Waals surface area contributed by atoms with Crippen molar-refractivity contribution in [3.63, 3.8) is 0 Å². The molecule has 0 saturated heterocycles. The third kappa shape index (κ3) is 2.06. The molecular weight excluding hydrogens is 200 g/mol. The summed E-state index contributed by atoms with van der Waals surface area (Å²) in [6.07, 6.45) is 0.761. The Bertz CT molecular complexity index is 429. The van der Waals surface area contributed by atoms with E-state index in [1.807, 2.05) is 24.8 Å². The number of allylic oxidation sites excluding steroid dienone is 2. The molecule has 1 heterocycles. The van der Waals surface area contributed by atoms with Gasteiger partial charge >= 0.3 is 0 Å². The van der Waals surface area contributed by atoms with Crippen molar-refractivity contribution < 1.29 is 0 Å². The van der Waals surface area contributed by atoms with E-state index in [1.54, 1.807) is 0 Å². The maximum atomic E-state index is 9.17. The summed E-state index contributed by atoms with van der Waals surface area (Å²) in [5.41, 5.74) is 1.33. The summed E-state index contributed by atoms with van der Waals surface area (Å²) < 4.78 is 0. The maximum Gasteiger partial charge on any atom is 0.174 e. The highest BCUT2D eigenvalue weighted by atomic mass is 15.2. The van der Waals surface area contributed by atoms with Gasteiger partial charge in [0, 0.05) is 24.2 Å². The molecule has 0 aromatic carbocycles. The molecular formula is C12H16N4. The molecule has 0 N–H and O–H groups in total. The van der Waals surface area contributed by atoms with Crippen molar-refractivity contribution in [2.45, 2.75) is 39.7 Å². The molecule has 4 nitrogen and oxygen atoms in total. The van der Waals surface area contributed by atoms with Crippen LogP contribution in [0.1, 0.15) is 34.1 Å². The Hall–Kier alpha value is -1.81. The van der Waals surface area contributed by atoms with Crippen LogP contribution in [0.3, 0.4) is 0 Å². The summed E-state index contributed by atoms with van der Waals surface area (Å²) in [5.74, 6) is 0. The van der Waals surface area contributed by atoms with E-state index < -0.39 is 0 Å². The molecule has 0 atom stereocenters. The molecule has 0 aromatic heterocycles. The highest BCUT2D eigenvalue weighted by molar-refractivity contribution is 5.85. The van der Waals surface area contributed by atoms with E-state index in [2.05, 4.69) is 24.9 Å². The predicted octanol–water partition coefficient (Wildman–Crippen LogP) is 2.21. The zero-order valence-electron chi connectivity index (χ0n) is 10.2. The third-order valence-electron chi connectivity index (χ3n) is 2.74. The van der Waals surface area contributed by atoms with E-state index in [1.165, 1.54) is 0 Å². The minimum atomic E-state index is -0.175. The van der Waals surface area contributed by atoms with E-state index >= 15 is 0 Å². The lowest BCUT2D eigenvalue weighted by Gasteiger charge is -2.37. The van der Waals surface area contributed by atoms with Gasteiger partial charge in [-0.15, -0.1) is 0 Å². The molecule has 0 aromatic rings. The molecule has 0 saturated carbocycles. The molecule has 0 bridgehead atoms. The number of nitrogens with zero attached hydrogens (tertiary/aromatic N) is 4. The summed E-state index contributed by atoms with van der Waals surface area (Å²) in [6, 6.07) is 4.10. The van der Waals surface area contributed by atoms with Crippen molar-refractivity contribution >= 4 is 5.71 Å². The second-order valence-electron chi connectivity index (χ2n) is 4.50. The average Bonchev–Trinajstić information content (AvgIpc) is 2.30. The molecule has 0 spiro atoms. The van der Waals surface area contributed by atoms with Crippen LogP contribution in [0.25, 0.3) is 0 Å². The Labute approximate surface area is 96.5 Å². The van der Waals surface area contributed by atoms with Crippen LogP contribution in [0.15, 0.2) is 16.4 Å². The maximum absolute atomic E-state index is 9.17. The molecule has 0 radical (unpaired) electrons. The van der Waals surface area contributed by atoms with Crippen LogP contribution in [0.4, 0.5) is 0 Å². The summed E-state index contributed by atoms with van der Waals surface area (Å²) >= 11 is 0. The summed E-state index contributed by atoms with van der Waals surface area (Å²) in [7, 11) is 0. The van der Waals surface area contributed by atoms with Gasteiger partial charge in [-0.3, -0.25) is 0 Å².